The Morgan fingerprint density at radius 1 is 1.50 bits per heavy atom. The minimum absolute atomic E-state index is 0.0280. The average Bonchev–Trinajstić information content (AvgIpc) is 2.33. The van der Waals surface area contributed by atoms with Crippen molar-refractivity contribution in [1.82, 2.24) is 10.3 Å². The van der Waals surface area contributed by atoms with Crippen molar-refractivity contribution in [3.05, 3.63) is 18.3 Å². The van der Waals surface area contributed by atoms with Gasteiger partial charge in [-0.1, -0.05) is 0 Å². The normalized spacial score (nSPS) is 17.3. The van der Waals surface area contributed by atoms with Gasteiger partial charge in [-0.05, 0) is 19.1 Å². The second kappa shape index (κ2) is 5.47. The molecule has 7 nitrogen and oxygen atoms in total. The third-order valence-corrected chi connectivity index (χ3v) is 3.95. The van der Waals surface area contributed by atoms with Gasteiger partial charge in [0.25, 0.3) is 0 Å². The number of nitrogens with one attached hydrogen (secondary N) is 2. The van der Waals surface area contributed by atoms with E-state index in [9.17, 15) is 13.2 Å². The molecule has 1 aromatic rings. The van der Waals surface area contributed by atoms with E-state index in [0.717, 1.165) is 19.3 Å². The van der Waals surface area contributed by atoms with Gasteiger partial charge >= 0.3 is 0 Å². The SMILES string of the molecule is CC1(OCC(=O)Nc2ccc(S(C)(=O)=O)nc2)CNC1. The van der Waals surface area contributed by atoms with Crippen LogP contribution in [0, 0.1) is 0 Å². The second-order valence-electron chi connectivity index (χ2n) is 5.05. The van der Waals surface area contributed by atoms with Crippen molar-refractivity contribution in [3.63, 3.8) is 0 Å². The highest BCUT2D eigenvalue weighted by Gasteiger charge is 2.32. The quantitative estimate of drug-likeness (QED) is 0.781. The zero-order valence-electron chi connectivity index (χ0n) is 11.3. The molecule has 0 radical (unpaired) electrons. The van der Waals surface area contributed by atoms with Crippen LogP contribution in [0.3, 0.4) is 0 Å². The van der Waals surface area contributed by atoms with Crippen molar-refractivity contribution in [1.29, 1.82) is 0 Å². The van der Waals surface area contributed by atoms with Gasteiger partial charge in [0.15, 0.2) is 14.9 Å². The van der Waals surface area contributed by atoms with Crippen molar-refractivity contribution >= 4 is 21.4 Å². The molecule has 0 spiro atoms. The lowest BCUT2D eigenvalue weighted by molar-refractivity contribution is -0.130. The van der Waals surface area contributed by atoms with Gasteiger partial charge in [0.2, 0.25) is 5.91 Å². The van der Waals surface area contributed by atoms with Gasteiger partial charge in [0.05, 0.1) is 17.5 Å². The largest absolute Gasteiger partial charge is 0.363 e. The smallest absolute Gasteiger partial charge is 0.250 e. The number of pyridine rings is 1. The molecule has 0 atom stereocenters. The van der Waals surface area contributed by atoms with E-state index in [1.165, 1.54) is 18.3 Å². The molecule has 1 aliphatic heterocycles. The molecule has 0 bridgehead atoms. The summed E-state index contributed by atoms with van der Waals surface area (Å²) in [5, 5.41) is 5.64. The first kappa shape index (κ1) is 14.9. The number of hydrogen-bond acceptors (Lipinski definition) is 6. The first-order valence-electron chi connectivity index (χ1n) is 6.09. The van der Waals surface area contributed by atoms with Crippen molar-refractivity contribution < 1.29 is 17.9 Å². The molecule has 1 aromatic heterocycles. The lowest BCUT2D eigenvalue weighted by atomic mass is 10.0. The molecule has 8 heteroatoms. The Kier molecular flexibility index (Phi) is 4.07. The number of rotatable bonds is 5. The molecule has 0 aliphatic carbocycles. The van der Waals surface area contributed by atoms with Gasteiger partial charge in [-0.2, -0.15) is 0 Å². The van der Waals surface area contributed by atoms with Crippen LogP contribution in [0.5, 0.6) is 0 Å². The fourth-order valence-corrected chi connectivity index (χ4v) is 2.25. The lowest BCUT2D eigenvalue weighted by Crippen LogP contribution is -2.59. The summed E-state index contributed by atoms with van der Waals surface area (Å²) in [6, 6.07) is 2.84. The molecule has 110 valence electrons. The Morgan fingerprint density at radius 2 is 2.20 bits per heavy atom. The van der Waals surface area contributed by atoms with E-state index in [4.69, 9.17) is 4.74 Å². The van der Waals surface area contributed by atoms with Crippen molar-refractivity contribution in [2.24, 2.45) is 0 Å². The number of sulfone groups is 1. The minimum atomic E-state index is -3.33. The minimum Gasteiger partial charge on any atom is -0.363 e. The zero-order valence-corrected chi connectivity index (χ0v) is 12.2. The highest BCUT2D eigenvalue weighted by atomic mass is 32.2. The van der Waals surface area contributed by atoms with E-state index in [0.29, 0.717) is 5.69 Å². The molecule has 1 fully saturated rings. The topological polar surface area (TPSA) is 97.4 Å². The summed E-state index contributed by atoms with van der Waals surface area (Å²) in [5.41, 5.74) is 0.151. The molecule has 1 saturated heterocycles. The fourth-order valence-electron chi connectivity index (χ4n) is 1.69. The summed E-state index contributed by atoms with van der Waals surface area (Å²) in [6.45, 7) is 3.33. The standard InChI is InChI=1S/C12H17N3O4S/c1-12(7-13-8-12)19-6-10(16)15-9-3-4-11(14-5-9)20(2,17)18/h3-5,13H,6-8H2,1-2H3,(H,15,16). The Morgan fingerprint density at radius 3 is 2.65 bits per heavy atom. The maximum atomic E-state index is 11.7. The number of amides is 1. The summed E-state index contributed by atoms with van der Waals surface area (Å²) in [7, 11) is -3.33. The Bertz CT molecular complexity index is 594. The molecular weight excluding hydrogens is 282 g/mol. The van der Waals surface area contributed by atoms with Gasteiger partial charge in [0, 0.05) is 19.3 Å². The molecule has 2 rings (SSSR count). The van der Waals surface area contributed by atoms with Crippen LogP contribution in [-0.2, 0) is 19.4 Å². The van der Waals surface area contributed by atoms with E-state index >= 15 is 0 Å². The summed E-state index contributed by atoms with van der Waals surface area (Å²) in [6.07, 6.45) is 2.38. The number of carbonyl (C=O) groups is 1. The first-order chi connectivity index (χ1) is 9.28. The fraction of sp³-hybridized carbons (Fsp3) is 0.500. The van der Waals surface area contributed by atoms with Crippen LogP contribution in [0.15, 0.2) is 23.4 Å². The predicted octanol–water partition coefficient (Wildman–Crippen LogP) is -0.198. The maximum absolute atomic E-state index is 11.7. The monoisotopic (exact) mass is 299 g/mol. The van der Waals surface area contributed by atoms with Gasteiger partial charge in [-0.15, -0.1) is 0 Å². The number of anilines is 1. The molecular formula is C12H17N3O4S. The highest BCUT2D eigenvalue weighted by molar-refractivity contribution is 7.90. The molecule has 0 unspecified atom stereocenters. The van der Waals surface area contributed by atoms with Gasteiger partial charge in [-0.3, -0.25) is 4.79 Å². The molecule has 1 aliphatic rings. The van der Waals surface area contributed by atoms with Crippen molar-refractivity contribution in [2.45, 2.75) is 17.6 Å². The summed E-state index contributed by atoms with van der Waals surface area (Å²) >= 11 is 0. The third-order valence-electron chi connectivity index (χ3n) is 2.95. The Hall–Kier alpha value is -1.51. The van der Waals surface area contributed by atoms with E-state index < -0.39 is 9.84 Å². The van der Waals surface area contributed by atoms with E-state index in [1.807, 2.05) is 6.92 Å². The number of hydrogen-bond donors (Lipinski definition) is 2. The van der Waals surface area contributed by atoms with Gasteiger partial charge in [0.1, 0.15) is 6.61 Å². The Balaban J connectivity index is 1.88. The summed E-state index contributed by atoms with van der Waals surface area (Å²) in [4.78, 5) is 15.5. The van der Waals surface area contributed by atoms with Crippen LogP contribution in [-0.4, -0.2) is 50.9 Å². The molecule has 2 heterocycles. The second-order valence-corrected chi connectivity index (χ2v) is 7.01. The number of carbonyl (C=O) groups excluding carboxylic acids is 1. The van der Waals surface area contributed by atoms with Crippen LogP contribution >= 0.6 is 0 Å². The third kappa shape index (κ3) is 3.75. The van der Waals surface area contributed by atoms with Crippen LogP contribution in [0.1, 0.15) is 6.92 Å². The number of ether oxygens (including phenoxy) is 1. The molecule has 0 saturated carbocycles. The van der Waals surface area contributed by atoms with E-state index in [1.54, 1.807) is 0 Å². The highest BCUT2D eigenvalue weighted by Crippen LogP contribution is 2.15. The number of aromatic nitrogens is 1. The number of nitrogens with zero attached hydrogens (tertiary/aromatic N) is 1. The molecule has 2 N–H and O–H groups in total. The van der Waals surface area contributed by atoms with Gasteiger partial charge in [-0.25, -0.2) is 13.4 Å². The molecule has 1 amide bonds. The first-order valence-corrected chi connectivity index (χ1v) is 7.98. The summed E-state index contributed by atoms with van der Waals surface area (Å²) in [5.74, 6) is -0.299. The van der Waals surface area contributed by atoms with Crippen LogP contribution in [0.4, 0.5) is 5.69 Å². The zero-order chi connectivity index (χ0) is 14.8. The van der Waals surface area contributed by atoms with Crippen molar-refractivity contribution in [2.75, 3.05) is 31.3 Å². The Labute approximate surface area is 117 Å². The van der Waals surface area contributed by atoms with Crippen LogP contribution < -0.4 is 10.6 Å². The van der Waals surface area contributed by atoms with Crippen LogP contribution in [0.25, 0.3) is 0 Å². The average molecular weight is 299 g/mol. The van der Waals surface area contributed by atoms with E-state index in [-0.39, 0.29) is 23.1 Å². The molecule has 20 heavy (non-hydrogen) atoms. The van der Waals surface area contributed by atoms with Crippen molar-refractivity contribution in [3.8, 4) is 0 Å². The lowest BCUT2D eigenvalue weighted by Gasteiger charge is -2.38. The molecule has 0 aromatic carbocycles. The van der Waals surface area contributed by atoms with E-state index in [2.05, 4.69) is 15.6 Å². The predicted molar refractivity (Wildman–Crippen MR) is 73.2 cm³/mol. The maximum Gasteiger partial charge on any atom is 0.250 e. The van der Waals surface area contributed by atoms with Gasteiger partial charge < -0.3 is 15.4 Å². The summed E-state index contributed by atoms with van der Waals surface area (Å²) < 4.78 is 28.0. The van der Waals surface area contributed by atoms with Crippen LogP contribution in [0.2, 0.25) is 0 Å².